The lowest BCUT2D eigenvalue weighted by Gasteiger charge is -2.07. The van der Waals surface area contributed by atoms with Gasteiger partial charge in [0.05, 0.1) is 0 Å². The quantitative estimate of drug-likeness (QED) is 0.608. The van der Waals surface area contributed by atoms with E-state index in [1.807, 2.05) is 14.1 Å². The third-order valence-corrected chi connectivity index (χ3v) is 2.64. The Morgan fingerprint density at radius 3 is 1.46 bits per heavy atom. The Bertz CT molecular complexity index is 81.1. The maximum atomic E-state index is 2.75. The molecule has 0 bridgehead atoms. The van der Waals surface area contributed by atoms with E-state index < -0.39 is 0 Å². The summed E-state index contributed by atoms with van der Waals surface area (Å²) in [6.45, 7) is 2.41. The molecule has 1 fully saturated rings. The Hall–Kier alpha value is -0.0400. The van der Waals surface area contributed by atoms with Gasteiger partial charge in [-0.2, -0.15) is 0 Å². The Kier molecular flexibility index (Phi) is 10.0. The lowest BCUT2D eigenvalue weighted by Crippen LogP contribution is -1.92. The summed E-state index contributed by atoms with van der Waals surface area (Å²) in [6, 6.07) is 0. The first kappa shape index (κ1) is 13.0. The van der Waals surface area contributed by atoms with E-state index in [2.05, 4.69) is 12.2 Å². The molecular formula is C12H27N. The third kappa shape index (κ3) is 9.88. The normalized spacial score (nSPS) is 20.5. The maximum absolute atomic E-state index is 2.75. The smallest absolute Gasteiger partial charge is 0.0167 e. The van der Waals surface area contributed by atoms with Gasteiger partial charge in [-0.25, -0.2) is 0 Å². The molecule has 0 aromatic heterocycles. The van der Waals surface area contributed by atoms with Gasteiger partial charge in [0.2, 0.25) is 0 Å². The lowest BCUT2D eigenvalue weighted by molar-refractivity contribution is 0.465. The van der Waals surface area contributed by atoms with Gasteiger partial charge in [0, 0.05) is 0 Å². The van der Waals surface area contributed by atoms with Gasteiger partial charge in [-0.15, -0.1) is 0 Å². The molecule has 80 valence electrons. The van der Waals surface area contributed by atoms with E-state index in [-0.39, 0.29) is 0 Å². The molecular weight excluding hydrogens is 158 g/mol. The molecule has 1 N–H and O–H groups in total. The van der Waals surface area contributed by atoms with E-state index in [4.69, 9.17) is 0 Å². The molecule has 13 heavy (non-hydrogen) atoms. The standard InChI is InChI=1S/C10H20.C2H7N/c1-10-8-6-4-2-3-5-7-9-10;1-3-2/h10H,2-9H2,1H3;3H,1-2H3. The molecule has 0 aliphatic heterocycles. The van der Waals surface area contributed by atoms with Crippen molar-refractivity contribution in [3.8, 4) is 0 Å². The van der Waals surface area contributed by atoms with Crippen molar-refractivity contribution in [3.05, 3.63) is 0 Å². The van der Waals surface area contributed by atoms with Crippen molar-refractivity contribution < 1.29 is 0 Å². The molecule has 1 nitrogen and oxygen atoms in total. The number of hydrogen-bond donors (Lipinski definition) is 1. The monoisotopic (exact) mass is 185 g/mol. The molecule has 1 heteroatoms. The van der Waals surface area contributed by atoms with Gasteiger partial charge in [-0.3, -0.25) is 0 Å². The maximum Gasteiger partial charge on any atom is -0.0167 e. The fourth-order valence-corrected chi connectivity index (χ4v) is 1.84. The van der Waals surface area contributed by atoms with E-state index in [9.17, 15) is 0 Å². The number of rotatable bonds is 0. The SMILES string of the molecule is CC1CCCCCCCC1.CNC. The average molecular weight is 185 g/mol. The molecule has 1 aliphatic carbocycles. The highest BCUT2D eigenvalue weighted by atomic mass is 14.7. The second kappa shape index (κ2) is 10.0. The van der Waals surface area contributed by atoms with Gasteiger partial charge in [-0.1, -0.05) is 58.3 Å². The van der Waals surface area contributed by atoms with E-state index >= 15 is 0 Å². The van der Waals surface area contributed by atoms with Crippen molar-refractivity contribution in [2.45, 2.75) is 58.3 Å². The average Bonchev–Trinajstić information content (AvgIpc) is 2.20. The molecule has 0 saturated heterocycles. The third-order valence-electron chi connectivity index (χ3n) is 2.64. The summed E-state index contributed by atoms with van der Waals surface area (Å²) in [7, 11) is 3.75. The first-order valence-corrected chi connectivity index (χ1v) is 5.89. The molecule has 0 heterocycles. The zero-order valence-corrected chi connectivity index (χ0v) is 9.73. The zero-order valence-electron chi connectivity index (χ0n) is 9.73. The van der Waals surface area contributed by atoms with Crippen LogP contribution in [-0.2, 0) is 0 Å². The van der Waals surface area contributed by atoms with Gasteiger partial charge < -0.3 is 5.32 Å². The van der Waals surface area contributed by atoms with Crippen LogP contribution in [0.5, 0.6) is 0 Å². The molecule has 0 radical (unpaired) electrons. The highest BCUT2D eigenvalue weighted by Crippen LogP contribution is 2.20. The summed E-state index contributed by atoms with van der Waals surface area (Å²) in [5.41, 5.74) is 0. The zero-order chi connectivity index (χ0) is 9.94. The second-order valence-corrected chi connectivity index (χ2v) is 4.30. The molecule has 0 spiro atoms. The van der Waals surface area contributed by atoms with Crippen LogP contribution >= 0.6 is 0 Å². The summed E-state index contributed by atoms with van der Waals surface area (Å²) in [5.74, 6) is 1.01. The molecule has 0 atom stereocenters. The van der Waals surface area contributed by atoms with E-state index in [0.717, 1.165) is 5.92 Å². The highest BCUT2D eigenvalue weighted by molar-refractivity contribution is 4.57. The molecule has 0 aromatic rings. The fraction of sp³-hybridized carbons (Fsp3) is 1.00. The van der Waals surface area contributed by atoms with Crippen LogP contribution < -0.4 is 5.32 Å². The van der Waals surface area contributed by atoms with Crippen molar-refractivity contribution in [3.63, 3.8) is 0 Å². The first-order chi connectivity index (χ1) is 6.31. The number of hydrogen-bond acceptors (Lipinski definition) is 1. The predicted molar refractivity (Wildman–Crippen MR) is 61.1 cm³/mol. The van der Waals surface area contributed by atoms with Gasteiger partial charge in [0.15, 0.2) is 0 Å². The van der Waals surface area contributed by atoms with Crippen molar-refractivity contribution in [2.75, 3.05) is 14.1 Å². The van der Waals surface area contributed by atoms with Gasteiger partial charge >= 0.3 is 0 Å². The molecule has 1 rings (SSSR count). The first-order valence-electron chi connectivity index (χ1n) is 5.89. The highest BCUT2D eigenvalue weighted by Gasteiger charge is 2.03. The van der Waals surface area contributed by atoms with Crippen LogP contribution in [0, 0.1) is 5.92 Å². The minimum atomic E-state index is 1.01. The largest absolute Gasteiger partial charge is 0.323 e. The van der Waals surface area contributed by atoms with Gasteiger partial charge in [0.1, 0.15) is 0 Å². The van der Waals surface area contributed by atoms with Crippen LogP contribution in [-0.4, -0.2) is 14.1 Å². The number of nitrogens with one attached hydrogen (secondary N) is 1. The molecule has 1 aliphatic rings. The van der Waals surface area contributed by atoms with E-state index in [1.165, 1.54) is 51.4 Å². The summed E-state index contributed by atoms with van der Waals surface area (Å²) in [4.78, 5) is 0. The predicted octanol–water partition coefficient (Wildman–Crippen LogP) is 3.59. The summed E-state index contributed by atoms with van der Waals surface area (Å²) >= 11 is 0. The van der Waals surface area contributed by atoms with Crippen molar-refractivity contribution >= 4 is 0 Å². The Balaban J connectivity index is 0.000000424. The van der Waals surface area contributed by atoms with E-state index in [1.54, 1.807) is 0 Å². The van der Waals surface area contributed by atoms with Crippen molar-refractivity contribution in [1.82, 2.24) is 5.32 Å². The molecule has 0 unspecified atom stereocenters. The minimum absolute atomic E-state index is 1.01. The Morgan fingerprint density at radius 2 is 1.08 bits per heavy atom. The van der Waals surface area contributed by atoms with E-state index in [0.29, 0.717) is 0 Å². The molecule has 0 aromatic carbocycles. The Morgan fingerprint density at radius 1 is 0.769 bits per heavy atom. The van der Waals surface area contributed by atoms with Crippen LogP contribution in [0.15, 0.2) is 0 Å². The topological polar surface area (TPSA) is 12.0 Å². The van der Waals surface area contributed by atoms with Crippen molar-refractivity contribution in [1.29, 1.82) is 0 Å². The fourth-order valence-electron chi connectivity index (χ4n) is 1.84. The molecule has 1 saturated carbocycles. The lowest BCUT2D eigenvalue weighted by atomic mass is 10.00. The van der Waals surface area contributed by atoms with Gasteiger partial charge in [-0.05, 0) is 20.0 Å². The van der Waals surface area contributed by atoms with Crippen LogP contribution in [0.2, 0.25) is 0 Å². The second-order valence-electron chi connectivity index (χ2n) is 4.30. The van der Waals surface area contributed by atoms with Crippen LogP contribution in [0.25, 0.3) is 0 Å². The van der Waals surface area contributed by atoms with Crippen LogP contribution in [0.4, 0.5) is 0 Å². The van der Waals surface area contributed by atoms with Crippen LogP contribution in [0.1, 0.15) is 58.3 Å². The summed E-state index contributed by atoms with van der Waals surface area (Å²) < 4.78 is 0. The summed E-state index contributed by atoms with van der Waals surface area (Å²) in [6.07, 6.45) is 11.9. The summed E-state index contributed by atoms with van der Waals surface area (Å²) in [5, 5.41) is 2.75. The van der Waals surface area contributed by atoms with Crippen molar-refractivity contribution in [2.24, 2.45) is 5.92 Å². The minimum Gasteiger partial charge on any atom is -0.323 e. The molecule has 0 amide bonds. The Labute approximate surface area is 84.3 Å². The van der Waals surface area contributed by atoms with Gasteiger partial charge in [0.25, 0.3) is 0 Å². The van der Waals surface area contributed by atoms with Crippen LogP contribution in [0.3, 0.4) is 0 Å².